The molecule has 4 aromatic rings. The molecule has 8 heteroatoms. The Hall–Kier alpha value is -3.10. The van der Waals surface area contributed by atoms with Gasteiger partial charge in [-0.3, -0.25) is 14.2 Å². The van der Waals surface area contributed by atoms with Gasteiger partial charge in [0.15, 0.2) is 5.16 Å². The fourth-order valence-electron chi connectivity index (χ4n) is 3.10. The number of rotatable bonds is 8. The highest BCUT2D eigenvalue weighted by Crippen LogP contribution is 2.32. The number of amides is 1. The van der Waals surface area contributed by atoms with Crippen molar-refractivity contribution in [3.05, 3.63) is 83.6 Å². The third kappa shape index (κ3) is 4.65. The maximum atomic E-state index is 13.1. The average molecular weight is 452 g/mol. The number of allylic oxidation sites excluding steroid dienone is 1. The first kappa shape index (κ1) is 21.1. The van der Waals surface area contributed by atoms with Gasteiger partial charge in [0.05, 0.1) is 24.1 Å². The zero-order chi connectivity index (χ0) is 21.8. The van der Waals surface area contributed by atoms with Crippen LogP contribution in [0.25, 0.3) is 20.7 Å². The molecule has 158 valence electrons. The highest BCUT2D eigenvalue weighted by atomic mass is 32.2. The van der Waals surface area contributed by atoms with Gasteiger partial charge >= 0.3 is 0 Å². The number of carbonyl (C=O) groups is 1. The summed E-state index contributed by atoms with van der Waals surface area (Å²) in [6.07, 6.45) is 3.25. The Bertz CT molecular complexity index is 1260. The Labute approximate surface area is 187 Å². The van der Waals surface area contributed by atoms with Crippen LogP contribution >= 0.6 is 23.1 Å². The van der Waals surface area contributed by atoms with Crippen LogP contribution in [0.3, 0.4) is 0 Å². The SMILES string of the molecule is C=CCn1c(SCC(=O)N(C)Cc2ccco2)nc2cc(-c3ccccc3)sc2c1=O. The van der Waals surface area contributed by atoms with Gasteiger partial charge in [-0.15, -0.1) is 17.9 Å². The number of carbonyl (C=O) groups excluding carboxylic acids is 1. The summed E-state index contributed by atoms with van der Waals surface area (Å²) in [6.45, 7) is 4.48. The molecule has 0 fully saturated rings. The molecule has 1 aromatic carbocycles. The van der Waals surface area contributed by atoms with Crippen molar-refractivity contribution in [2.45, 2.75) is 18.2 Å². The van der Waals surface area contributed by atoms with E-state index in [0.717, 1.165) is 16.2 Å². The number of fused-ring (bicyclic) bond motifs is 1. The number of benzene rings is 1. The van der Waals surface area contributed by atoms with Gasteiger partial charge in [-0.05, 0) is 23.8 Å². The van der Waals surface area contributed by atoms with E-state index in [1.807, 2.05) is 42.5 Å². The second kappa shape index (κ2) is 9.36. The van der Waals surface area contributed by atoms with Crippen LogP contribution in [0, 0.1) is 0 Å². The maximum absolute atomic E-state index is 13.1. The lowest BCUT2D eigenvalue weighted by atomic mass is 10.2. The molecule has 1 amide bonds. The van der Waals surface area contributed by atoms with Crippen LogP contribution in [0.2, 0.25) is 0 Å². The van der Waals surface area contributed by atoms with E-state index in [4.69, 9.17) is 9.40 Å². The summed E-state index contributed by atoms with van der Waals surface area (Å²) in [6, 6.07) is 15.5. The second-order valence-electron chi connectivity index (χ2n) is 6.91. The van der Waals surface area contributed by atoms with Crippen LogP contribution in [0.5, 0.6) is 0 Å². The van der Waals surface area contributed by atoms with E-state index >= 15 is 0 Å². The molecule has 31 heavy (non-hydrogen) atoms. The minimum absolute atomic E-state index is 0.0730. The summed E-state index contributed by atoms with van der Waals surface area (Å²) in [7, 11) is 1.73. The van der Waals surface area contributed by atoms with Crippen molar-refractivity contribution in [1.29, 1.82) is 0 Å². The Balaban J connectivity index is 1.60. The number of hydrogen-bond acceptors (Lipinski definition) is 6. The summed E-state index contributed by atoms with van der Waals surface area (Å²) >= 11 is 2.69. The summed E-state index contributed by atoms with van der Waals surface area (Å²) in [5, 5.41) is 0.509. The van der Waals surface area contributed by atoms with Gasteiger partial charge in [-0.1, -0.05) is 48.2 Å². The van der Waals surface area contributed by atoms with Crippen molar-refractivity contribution < 1.29 is 9.21 Å². The number of hydrogen-bond donors (Lipinski definition) is 0. The van der Waals surface area contributed by atoms with Crippen molar-refractivity contribution in [3.63, 3.8) is 0 Å². The van der Waals surface area contributed by atoms with Crippen LogP contribution in [0.1, 0.15) is 5.76 Å². The molecule has 3 aromatic heterocycles. The maximum Gasteiger partial charge on any atom is 0.272 e. The largest absolute Gasteiger partial charge is 0.467 e. The van der Waals surface area contributed by atoms with Crippen molar-refractivity contribution >= 4 is 39.2 Å². The highest BCUT2D eigenvalue weighted by Gasteiger charge is 2.17. The number of furan rings is 1. The number of thioether (sulfide) groups is 1. The lowest BCUT2D eigenvalue weighted by Crippen LogP contribution is -2.28. The van der Waals surface area contributed by atoms with E-state index in [9.17, 15) is 9.59 Å². The van der Waals surface area contributed by atoms with Gasteiger partial charge in [-0.2, -0.15) is 0 Å². The van der Waals surface area contributed by atoms with E-state index in [2.05, 4.69) is 6.58 Å². The van der Waals surface area contributed by atoms with Crippen LogP contribution in [-0.4, -0.2) is 33.2 Å². The quantitative estimate of drug-likeness (QED) is 0.222. The molecule has 0 saturated carbocycles. The van der Waals surface area contributed by atoms with Crippen molar-refractivity contribution in [3.8, 4) is 10.4 Å². The van der Waals surface area contributed by atoms with Gasteiger partial charge in [0.2, 0.25) is 5.91 Å². The number of nitrogens with zero attached hydrogens (tertiary/aromatic N) is 3. The Morgan fingerprint density at radius 1 is 1.29 bits per heavy atom. The van der Waals surface area contributed by atoms with Crippen molar-refractivity contribution in [2.24, 2.45) is 0 Å². The average Bonchev–Trinajstić information content (AvgIpc) is 3.45. The molecule has 0 bridgehead atoms. The van der Waals surface area contributed by atoms with Crippen LogP contribution in [0.4, 0.5) is 0 Å². The van der Waals surface area contributed by atoms with Gasteiger partial charge in [0, 0.05) is 18.5 Å². The molecule has 0 saturated heterocycles. The molecule has 0 atom stereocenters. The molecule has 4 rings (SSSR count). The monoisotopic (exact) mass is 451 g/mol. The molecule has 0 aliphatic heterocycles. The first-order valence-corrected chi connectivity index (χ1v) is 11.5. The van der Waals surface area contributed by atoms with Gasteiger partial charge in [0.1, 0.15) is 10.5 Å². The fraction of sp³-hybridized carbons (Fsp3) is 0.174. The lowest BCUT2D eigenvalue weighted by Gasteiger charge is -2.16. The molecule has 0 radical (unpaired) electrons. The minimum atomic E-state index is -0.115. The zero-order valence-electron chi connectivity index (χ0n) is 17.0. The molecule has 0 aliphatic carbocycles. The molecule has 0 aliphatic rings. The molecular weight excluding hydrogens is 430 g/mol. The van der Waals surface area contributed by atoms with Gasteiger partial charge < -0.3 is 9.32 Å². The van der Waals surface area contributed by atoms with E-state index in [1.165, 1.54) is 23.1 Å². The van der Waals surface area contributed by atoms with E-state index < -0.39 is 0 Å². The molecule has 6 nitrogen and oxygen atoms in total. The predicted octanol–water partition coefficient (Wildman–Crippen LogP) is 4.65. The summed E-state index contributed by atoms with van der Waals surface area (Å²) in [4.78, 5) is 33.0. The van der Waals surface area contributed by atoms with E-state index in [1.54, 1.807) is 34.9 Å². The standard InChI is InChI=1S/C23H21N3O3S2/c1-3-11-26-22(28)21-18(13-19(31-21)16-8-5-4-6-9-16)24-23(26)30-15-20(27)25(2)14-17-10-7-12-29-17/h3-10,12-13H,1,11,14-15H2,2H3. The van der Waals surface area contributed by atoms with Crippen molar-refractivity contribution in [1.82, 2.24) is 14.5 Å². The lowest BCUT2D eigenvalue weighted by molar-refractivity contribution is -0.127. The summed E-state index contributed by atoms with van der Waals surface area (Å²) in [5.74, 6) is 0.814. The van der Waals surface area contributed by atoms with Gasteiger partial charge in [-0.25, -0.2) is 4.98 Å². The molecular formula is C23H21N3O3S2. The summed E-state index contributed by atoms with van der Waals surface area (Å²) < 4.78 is 7.48. The molecule has 0 spiro atoms. The Morgan fingerprint density at radius 3 is 2.81 bits per heavy atom. The van der Waals surface area contributed by atoms with Crippen LogP contribution < -0.4 is 5.56 Å². The number of thiophene rings is 1. The van der Waals surface area contributed by atoms with E-state index in [0.29, 0.717) is 28.5 Å². The smallest absolute Gasteiger partial charge is 0.272 e. The van der Waals surface area contributed by atoms with Crippen LogP contribution in [0.15, 0.2) is 81.8 Å². The zero-order valence-corrected chi connectivity index (χ0v) is 18.6. The van der Waals surface area contributed by atoms with Crippen LogP contribution in [-0.2, 0) is 17.9 Å². The molecule has 3 heterocycles. The van der Waals surface area contributed by atoms with E-state index in [-0.39, 0.29) is 17.2 Å². The molecule has 0 N–H and O–H groups in total. The van der Waals surface area contributed by atoms with Crippen molar-refractivity contribution in [2.75, 3.05) is 12.8 Å². The predicted molar refractivity (Wildman–Crippen MR) is 125 cm³/mol. The highest BCUT2D eigenvalue weighted by molar-refractivity contribution is 7.99. The Morgan fingerprint density at radius 2 is 2.10 bits per heavy atom. The second-order valence-corrected chi connectivity index (χ2v) is 8.90. The third-order valence-electron chi connectivity index (χ3n) is 4.69. The normalized spacial score (nSPS) is 11.0. The topological polar surface area (TPSA) is 68.3 Å². The molecule has 0 unspecified atom stereocenters. The first-order chi connectivity index (χ1) is 15.1. The Kier molecular flexibility index (Phi) is 6.39. The summed E-state index contributed by atoms with van der Waals surface area (Å²) in [5.41, 5.74) is 1.58. The minimum Gasteiger partial charge on any atom is -0.467 e. The third-order valence-corrected chi connectivity index (χ3v) is 6.81. The first-order valence-electron chi connectivity index (χ1n) is 9.66. The fourth-order valence-corrected chi connectivity index (χ4v) is 5.10. The van der Waals surface area contributed by atoms with Gasteiger partial charge in [0.25, 0.3) is 5.56 Å². The number of aromatic nitrogens is 2.